The average Bonchev–Trinajstić information content (AvgIpc) is 2.80. The number of hydrogen-bond donors (Lipinski definition) is 2. The summed E-state index contributed by atoms with van der Waals surface area (Å²) in [4.78, 5) is 11.6. The summed E-state index contributed by atoms with van der Waals surface area (Å²) in [7, 11) is 0. The molecule has 0 spiro atoms. The summed E-state index contributed by atoms with van der Waals surface area (Å²) in [6, 6.07) is 8.62. The van der Waals surface area contributed by atoms with Crippen LogP contribution in [0.2, 0.25) is 10.0 Å². The van der Waals surface area contributed by atoms with Gasteiger partial charge >= 0.3 is 6.03 Å². The molecule has 0 bridgehead atoms. The van der Waals surface area contributed by atoms with Crippen LogP contribution >= 0.6 is 34.5 Å². The van der Waals surface area contributed by atoms with Gasteiger partial charge in [-0.3, -0.25) is 5.32 Å². The maximum Gasteiger partial charge on any atom is 0.320 e. The summed E-state index contributed by atoms with van der Waals surface area (Å²) in [5, 5.41) is 9.26. The van der Waals surface area contributed by atoms with Gasteiger partial charge in [0, 0.05) is 16.6 Å². The smallest absolute Gasteiger partial charge is 0.320 e. The number of urea groups is 1. The molecule has 0 fully saturated rings. The molecule has 2 rings (SSSR count). The van der Waals surface area contributed by atoms with Gasteiger partial charge in [-0.05, 0) is 35.2 Å². The summed E-state index contributed by atoms with van der Waals surface area (Å²) in [6.07, 6.45) is 0. The molecule has 6 heteroatoms. The third-order valence-electron chi connectivity index (χ3n) is 2.21. The number of anilines is 1. The van der Waals surface area contributed by atoms with Gasteiger partial charge in [-0.1, -0.05) is 29.3 Å². The molecule has 2 aromatic rings. The second-order valence-electron chi connectivity index (χ2n) is 3.52. The van der Waals surface area contributed by atoms with Gasteiger partial charge in [-0.15, -0.1) is 11.3 Å². The lowest BCUT2D eigenvalue weighted by atomic mass is 10.2. The Morgan fingerprint density at radius 2 is 2.11 bits per heavy atom. The Bertz CT molecular complexity index is 543. The molecule has 18 heavy (non-hydrogen) atoms. The summed E-state index contributed by atoms with van der Waals surface area (Å²) >= 11 is 13.3. The Balaban J connectivity index is 1.89. The number of carbonyl (C=O) groups excluding carboxylic acids is 1. The maximum atomic E-state index is 11.6. The molecule has 0 saturated heterocycles. The Morgan fingerprint density at radius 3 is 2.78 bits per heavy atom. The van der Waals surface area contributed by atoms with E-state index in [4.69, 9.17) is 23.2 Å². The topological polar surface area (TPSA) is 41.1 Å². The van der Waals surface area contributed by atoms with Gasteiger partial charge < -0.3 is 5.32 Å². The van der Waals surface area contributed by atoms with Crippen molar-refractivity contribution in [2.45, 2.75) is 6.54 Å². The van der Waals surface area contributed by atoms with E-state index in [1.165, 1.54) is 11.3 Å². The van der Waals surface area contributed by atoms with E-state index in [2.05, 4.69) is 10.6 Å². The molecule has 0 atom stereocenters. The lowest BCUT2D eigenvalue weighted by molar-refractivity contribution is 0.252. The van der Waals surface area contributed by atoms with Crippen LogP contribution in [0, 0.1) is 0 Å². The number of nitrogens with one attached hydrogen (secondary N) is 2. The minimum atomic E-state index is -0.261. The van der Waals surface area contributed by atoms with Crippen molar-refractivity contribution in [2.24, 2.45) is 0 Å². The highest BCUT2D eigenvalue weighted by molar-refractivity contribution is 7.14. The standard InChI is InChI=1S/C12H10Cl2N2OS/c13-9-4-3-8(10(14)6-9)7-15-12(17)16-11-2-1-5-18-11/h1-6H,7H2,(H2,15,16,17). The van der Waals surface area contributed by atoms with Crippen LogP contribution in [0.3, 0.4) is 0 Å². The molecule has 94 valence electrons. The van der Waals surface area contributed by atoms with Gasteiger partial charge in [0.05, 0.1) is 5.00 Å². The fourth-order valence-electron chi connectivity index (χ4n) is 1.35. The largest absolute Gasteiger partial charge is 0.334 e. The van der Waals surface area contributed by atoms with Crippen LogP contribution in [0.5, 0.6) is 0 Å². The average molecular weight is 301 g/mol. The van der Waals surface area contributed by atoms with E-state index in [0.717, 1.165) is 10.6 Å². The fraction of sp³-hybridized carbons (Fsp3) is 0.0833. The van der Waals surface area contributed by atoms with Gasteiger partial charge in [-0.2, -0.15) is 0 Å². The van der Waals surface area contributed by atoms with Crippen molar-refractivity contribution < 1.29 is 4.79 Å². The van der Waals surface area contributed by atoms with Crippen LogP contribution in [-0.4, -0.2) is 6.03 Å². The van der Waals surface area contributed by atoms with Crippen LogP contribution in [-0.2, 0) is 6.54 Å². The molecule has 0 aliphatic rings. The zero-order valence-corrected chi connectivity index (χ0v) is 11.6. The van der Waals surface area contributed by atoms with E-state index in [1.54, 1.807) is 18.2 Å². The molecule has 0 saturated carbocycles. The highest BCUT2D eigenvalue weighted by atomic mass is 35.5. The minimum absolute atomic E-state index is 0.261. The van der Waals surface area contributed by atoms with Crippen molar-refractivity contribution in [3.63, 3.8) is 0 Å². The molecule has 3 nitrogen and oxygen atoms in total. The number of amides is 2. The molecule has 0 aliphatic heterocycles. The van der Waals surface area contributed by atoms with E-state index in [1.807, 2.05) is 17.5 Å². The predicted octanol–water partition coefficient (Wildman–Crippen LogP) is 4.38. The molecule has 2 N–H and O–H groups in total. The van der Waals surface area contributed by atoms with Gasteiger partial charge in [0.1, 0.15) is 0 Å². The first-order valence-electron chi connectivity index (χ1n) is 5.17. The summed E-state index contributed by atoms with van der Waals surface area (Å²) in [6.45, 7) is 0.354. The Kier molecular flexibility index (Phi) is 4.47. The van der Waals surface area contributed by atoms with E-state index in [9.17, 15) is 4.79 Å². The van der Waals surface area contributed by atoms with Crippen molar-refractivity contribution in [3.8, 4) is 0 Å². The maximum absolute atomic E-state index is 11.6. The zero-order valence-electron chi connectivity index (χ0n) is 9.24. The summed E-state index contributed by atoms with van der Waals surface area (Å²) in [5.74, 6) is 0. The molecular weight excluding hydrogens is 291 g/mol. The predicted molar refractivity (Wildman–Crippen MR) is 76.6 cm³/mol. The molecule has 1 aromatic carbocycles. The van der Waals surface area contributed by atoms with E-state index in [0.29, 0.717) is 16.6 Å². The first-order valence-corrected chi connectivity index (χ1v) is 6.81. The van der Waals surface area contributed by atoms with Gasteiger partial charge in [0.25, 0.3) is 0 Å². The van der Waals surface area contributed by atoms with Gasteiger partial charge in [-0.25, -0.2) is 4.79 Å². The van der Waals surface area contributed by atoms with Crippen LogP contribution in [0.4, 0.5) is 9.80 Å². The third kappa shape index (κ3) is 3.63. The van der Waals surface area contributed by atoms with Gasteiger partial charge in [0.2, 0.25) is 0 Å². The third-order valence-corrected chi connectivity index (χ3v) is 3.58. The zero-order chi connectivity index (χ0) is 13.0. The van der Waals surface area contributed by atoms with E-state index < -0.39 is 0 Å². The normalized spacial score (nSPS) is 10.1. The fourth-order valence-corrected chi connectivity index (χ4v) is 2.43. The summed E-state index contributed by atoms with van der Waals surface area (Å²) < 4.78 is 0. The molecule has 0 aliphatic carbocycles. The highest BCUT2D eigenvalue weighted by Gasteiger charge is 2.05. The van der Waals surface area contributed by atoms with E-state index >= 15 is 0 Å². The minimum Gasteiger partial charge on any atom is -0.334 e. The first kappa shape index (κ1) is 13.2. The van der Waals surface area contributed by atoms with Crippen LogP contribution < -0.4 is 10.6 Å². The van der Waals surface area contributed by atoms with Crippen LogP contribution in [0.15, 0.2) is 35.7 Å². The second kappa shape index (κ2) is 6.09. The van der Waals surface area contributed by atoms with Crippen LogP contribution in [0.25, 0.3) is 0 Å². The van der Waals surface area contributed by atoms with Gasteiger partial charge in [0.15, 0.2) is 0 Å². The second-order valence-corrected chi connectivity index (χ2v) is 5.31. The molecule has 1 heterocycles. The summed E-state index contributed by atoms with van der Waals surface area (Å²) in [5.41, 5.74) is 0.822. The van der Waals surface area contributed by atoms with Crippen molar-refractivity contribution >= 4 is 45.6 Å². The highest BCUT2D eigenvalue weighted by Crippen LogP contribution is 2.20. The molecule has 0 unspecified atom stereocenters. The Morgan fingerprint density at radius 1 is 1.28 bits per heavy atom. The molecular formula is C12H10Cl2N2OS. The first-order chi connectivity index (χ1) is 8.65. The monoisotopic (exact) mass is 300 g/mol. The number of rotatable bonds is 3. The van der Waals surface area contributed by atoms with Crippen molar-refractivity contribution in [1.29, 1.82) is 0 Å². The number of hydrogen-bond acceptors (Lipinski definition) is 2. The number of halogens is 2. The lowest BCUT2D eigenvalue weighted by Gasteiger charge is -2.07. The number of benzene rings is 1. The Labute approximate surface area is 119 Å². The van der Waals surface area contributed by atoms with E-state index in [-0.39, 0.29) is 6.03 Å². The SMILES string of the molecule is O=C(NCc1ccc(Cl)cc1Cl)Nc1cccs1. The van der Waals surface area contributed by atoms with Crippen molar-refractivity contribution in [2.75, 3.05) is 5.32 Å². The molecule has 2 amide bonds. The molecule has 1 aromatic heterocycles. The van der Waals surface area contributed by atoms with Crippen LogP contribution in [0.1, 0.15) is 5.56 Å². The lowest BCUT2D eigenvalue weighted by Crippen LogP contribution is -2.27. The van der Waals surface area contributed by atoms with Crippen molar-refractivity contribution in [3.05, 3.63) is 51.3 Å². The van der Waals surface area contributed by atoms with Crippen molar-refractivity contribution in [1.82, 2.24) is 5.32 Å². The molecule has 0 radical (unpaired) electrons. The Hall–Kier alpha value is -1.23. The quantitative estimate of drug-likeness (QED) is 0.868. The number of carbonyl (C=O) groups is 1. The number of thiophene rings is 1.